The van der Waals surface area contributed by atoms with E-state index < -0.39 is 0 Å². The monoisotopic (exact) mass is 288 g/mol. The Balaban J connectivity index is 2.11. The van der Waals surface area contributed by atoms with E-state index >= 15 is 0 Å². The molecule has 22 heavy (non-hydrogen) atoms. The second-order valence-corrected chi connectivity index (χ2v) is 5.18. The molecule has 2 aromatic rings. The van der Waals surface area contributed by atoms with Crippen LogP contribution in [0.15, 0.2) is 84.6 Å². The molecule has 0 radical (unpaired) electrons. The highest BCUT2D eigenvalue weighted by atomic mass is 15.1. The molecule has 0 fully saturated rings. The molecule has 0 aliphatic carbocycles. The first-order chi connectivity index (χ1) is 10.8. The summed E-state index contributed by atoms with van der Waals surface area (Å²) in [5.74, 6) is 0. The lowest BCUT2D eigenvalue weighted by atomic mass is 10.2. The maximum atomic E-state index is 8.80. The molecule has 2 aromatic carbocycles. The Morgan fingerprint density at radius 1 is 0.955 bits per heavy atom. The molecule has 0 unspecified atom stereocenters. The van der Waals surface area contributed by atoms with Gasteiger partial charge in [0.2, 0.25) is 0 Å². The van der Waals surface area contributed by atoms with E-state index in [1.807, 2.05) is 37.4 Å². The van der Waals surface area contributed by atoms with Gasteiger partial charge in [-0.25, -0.2) is 0 Å². The van der Waals surface area contributed by atoms with Crippen molar-refractivity contribution in [2.24, 2.45) is 0 Å². The molecule has 2 rings (SSSR count). The number of hydrogen-bond acceptors (Lipinski definition) is 2. The number of hydrogen-bond donors (Lipinski definition) is 0. The second kappa shape index (κ2) is 8.49. The van der Waals surface area contributed by atoms with E-state index in [1.165, 1.54) is 11.1 Å². The van der Waals surface area contributed by atoms with Gasteiger partial charge >= 0.3 is 0 Å². The van der Waals surface area contributed by atoms with Crippen molar-refractivity contribution in [1.82, 2.24) is 4.90 Å². The van der Waals surface area contributed by atoms with Crippen molar-refractivity contribution in [1.29, 1.82) is 5.26 Å². The third-order valence-electron chi connectivity index (χ3n) is 3.28. The molecular formula is C20H20N2. The molecule has 0 amide bonds. The Bertz CT molecular complexity index is 622. The smallest absolute Gasteiger partial charge is 0.0944 e. The fraction of sp³-hybridized carbons (Fsp3) is 0.150. The summed E-state index contributed by atoms with van der Waals surface area (Å²) in [6, 6.07) is 22.9. The first kappa shape index (κ1) is 15.6. The highest BCUT2D eigenvalue weighted by molar-refractivity contribution is 5.23. The zero-order valence-corrected chi connectivity index (χ0v) is 12.8. The largest absolute Gasteiger partial charge is 0.369 e. The van der Waals surface area contributed by atoms with Gasteiger partial charge in [-0.3, -0.25) is 0 Å². The zero-order chi connectivity index (χ0) is 15.6. The number of nitrogens with zero attached hydrogens (tertiary/aromatic N) is 2. The van der Waals surface area contributed by atoms with Crippen molar-refractivity contribution in [2.45, 2.75) is 20.0 Å². The molecule has 2 heteroatoms. The summed E-state index contributed by atoms with van der Waals surface area (Å²) in [6.07, 6.45) is 5.81. The van der Waals surface area contributed by atoms with Crippen molar-refractivity contribution in [2.75, 3.05) is 0 Å². The summed E-state index contributed by atoms with van der Waals surface area (Å²) in [4.78, 5) is 2.24. The van der Waals surface area contributed by atoms with Crippen molar-refractivity contribution < 1.29 is 0 Å². The summed E-state index contributed by atoms with van der Waals surface area (Å²) in [5.41, 5.74) is 3.24. The van der Waals surface area contributed by atoms with Gasteiger partial charge in [-0.05, 0) is 36.4 Å². The van der Waals surface area contributed by atoms with Crippen LogP contribution in [0, 0.1) is 11.3 Å². The van der Waals surface area contributed by atoms with Crippen LogP contribution in [-0.2, 0) is 13.1 Å². The molecule has 0 spiro atoms. The molecule has 110 valence electrons. The van der Waals surface area contributed by atoms with E-state index in [0.717, 1.165) is 13.1 Å². The predicted octanol–water partition coefficient (Wildman–Crippen LogP) is 4.67. The fourth-order valence-electron chi connectivity index (χ4n) is 2.14. The van der Waals surface area contributed by atoms with Crippen molar-refractivity contribution in [3.8, 4) is 6.07 Å². The molecule has 2 nitrogen and oxygen atoms in total. The van der Waals surface area contributed by atoms with Gasteiger partial charge in [-0.15, -0.1) is 0 Å². The quantitative estimate of drug-likeness (QED) is 0.570. The number of nitriles is 1. The lowest BCUT2D eigenvalue weighted by Gasteiger charge is -2.20. The van der Waals surface area contributed by atoms with Gasteiger partial charge in [0.05, 0.1) is 6.07 Å². The van der Waals surface area contributed by atoms with Crippen LogP contribution in [0.5, 0.6) is 0 Å². The summed E-state index contributed by atoms with van der Waals surface area (Å²) in [7, 11) is 0. The Morgan fingerprint density at radius 3 is 1.91 bits per heavy atom. The van der Waals surface area contributed by atoms with Crippen LogP contribution in [0.1, 0.15) is 18.1 Å². The van der Waals surface area contributed by atoms with Crippen LogP contribution < -0.4 is 0 Å². The van der Waals surface area contributed by atoms with E-state index in [2.05, 4.69) is 59.5 Å². The molecular weight excluding hydrogens is 268 g/mol. The minimum Gasteiger partial charge on any atom is -0.369 e. The molecule has 0 aromatic heterocycles. The maximum Gasteiger partial charge on any atom is 0.0944 e. The molecule has 0 atom stereocenters. The van der Waals surface area contributed by atoms with Gasteiger partial charge in [-0.1, -0.05) is 60.7 Å². The lowest BCUT2D eigenvalue weighted by Crippen LogP contribution is -2.16. The number of rotatable bonds is 6. The first-order valence-electron chi connectivity index (χ1n) is 7.35. The summed E-state index contributed by atoms with van der Waals surface area (Å²) in [6.45, 7) is 3.49. The van der Waals surface area contributed by atoms with Gasteiger partial charge in [0, 0.05) is 18.7 Å². The van der Waals surface area contributed by atoms with Crippen LogP contribution >= 0.6 is 0 Å². The topological polar surface area (TPSA) is 27.0 Å². The zero-order valence-electron chi connectivity index (χ0n) is 12.8. The molecule has 0 saturated carbocycles. The second-order valence-electron chi connectivity index (χ2n) is 5.18. The van der Waals surface area contributed by atoms with Crippen LogP contribution in [0.4, 0.5) is 0 Å². The maximum absolute atomic E-state index is 8.80. The Kier molecular flexibility index (Phi) is 6.02. The van der Waals surface area contributed by atoms with Crippen LogP contribution in [-0.4, -0.2) is 4.90 Å². The summed E-state index contributed by atoms with van der Waals surface area (Å²) >= 11 is 0. The van der Waals surface area contributed by atoms with Crippen LogP contribution in [0.25, 0.3) is 0 Å². The van der Waals surface area contributed by atoms with Gasteiger partial charge in [0.25, 0.3) is 0 Å². The van der Waals surface area contributed by atoms with Gasteiger partial charge in [0.15, 0.2) is 0 Å². The molecule has 0 heterocycles. The highest BCUT2D eigenvalue weighted by Crippen LogP contribution is 2.10. The van der Waals surface area contributed by atoms with Gasteiger partial charge in [0.1, 0.15) is 0 Å². The average molecular weight is 288 g/mol. The first-order valence-corrected chi connectivity index (χ1v) is 7.35. The van der Waals surface area contributed by atoms with E-state index in [-0.39, 0.29) is 0 Å². The minimum absolute atomic E-state index is 0.704. The van der Waals surface area contributed by atoms with Crippen molar-refractivity contribution >= 4 is 0 Å². The number of benzene rings is 2. The van der Waals surface area contributed by atoms with Crippen molar-refractivity contribution in [3.63, 3.8) is 0 Å². The van der Waals surface area contributed by atoms with Gasteiger partial charge in [-0.2, -0.15) is 5.26 Å². The molecule has 0 aliphatic heterocycles. The third-order valence-corrected chi connectivity index (χ3v) is 3.28. The molecule has 0 bridgehead atoms. The van der Waals surface area contributed by atoms with Crippen LogP contribution in [0.3, 0.4) is 0 Å². The third kappa shape index (κ3) is 5.30. The van der Waals surface area contributed by atoms with Gasteiger partial charge < -0.3 is 4.90 Å². The normalized spacial score (nSPS) is 11.4. The van der Waals surface area contributed by atoms with E-state index in [1.54, 1.807) is 0 Å². The molecule has 0 saturated heterocycles. The molecule has 0 aliphatic rings. The van der Waals surface area contributed by atoms with Crippen LogP contribution in [0.2, 0.25) is 0 Å². The Labute approximate surface area is 132 Å². The molecule has 0 N–H and O–H groups in total. The average Bonchev–Trinajstić information content (AvgIpc) is 2.56. The van der Waals surface area contributed by atoms with E-state index in [9.17, 15) is 0 Å². The van der Waals surface area contributed by atoms with Crippen molar-refractivity contribution in [3.05, 3.63) is 95.7 Å². The standard InChI is InChI=1S/C20H20N2/c1-18(15-21)9-8-14-22(16-19-10-4-2-5-11-19)17-20-12-6-3-7-13-20/h2-14H,16-17H2,1H3/b14-8+,18-9+. The summed E-state index contributed by atoms with van der Waals surface area (Å²) in [5, 5.41) is 8.80. The minimum atomic E-state index is 0.704. The predicted molar refractivity (Wildman–Crippen MR) is 90.6 cm³/mol. The summed E-state index contributed by atoms with van der Waals surface area (Å²) < 4.78 is 0. The Hall–Kier alpha value is -2.79. The fourth-order valence-corrected chi connectivity index (χ4v) is 2.14. The van der Waals surface area contributed by atoms with E-state index in [4.69, 9.17) is 5.26 Å². The SMILES string of the molecule is C/C(C#N)=C\C=C\N(Cc1ccccc1)Cc1ccccc1. The van der Waals surface area contributed by atoms with E-state index in [0.29, 0.717) is 5.57 Å². The lowest BCUT2D eigenvalue weighted by molar-refractivity contribution is 0.362. The number of allylic oxidation sites excluding steroid dienone is 3. The highest BCUT2D eigenvalue weighted by Gasteiger charge is 2.02. The Morgan fingerprint density at radius 2 is 1.45 bits per heavy atom.